The number of aromatic nitrogens is 1. The molecule has 2 nitrogen and oxygen atoms in total. The van der Waals surface area contributed by atoms with Gasteiger partial charge in [-0.25, -0.2) is 4.98 Å². The molecule has 0 amide bonds. The summed E-state index contributed by atoms with van der Waals surface area (Å²) < 4.78 is 0. The SMILES string of the molecule is Clc1ccc(C2=CCCC3CCC2N3)cn1. The van der Waals surface area contributed by atoms with Gasteiger partial charge in [-0.3, -0.25) is 0 Å². The number of halogens is 1. The summed E-state index contributed by atoms with van der Waals surface area (Å²) >= 11 is 5.82. The molecule has 2 bridgehead atoms. The van der Waals surface area contributed by atoms with Gasteiger partial charge in [0.1, 0.15) is 5.15 Å². The Hall–Kier alpha value is -0.860. The summed E-state index contributed by atoms with van der Waals surface area (Å²) in [6.45, 7) is 0. The zero-order chi connectivity index (χ0) is 11.0. The van der Waals surface area contributed by atoms with E-state index in [-0.39, 0.29) is 0 Å². The molecule has 84 valence electrons. The third-order valence-electron chi connectivity index (χ3n) is 3.56. The van der Waals surface area contributed by atoms with Crippen LogP contribution in [0.15, 0.2) is 24.4 Å². The Morgan fingerprint density at radius 1 is 1.25 bits per heavy atom. The first kappa shape index (κ1) is 10.3. The van der Waals surface area contributed by atoms with Crippen LogP contribution in [-0.2, 0) is 0 Å². The molecule has 16 heavy (non-hydrogen) atoms. The number of nitrogens with zero attached hydrogens (tertiary/aromatic N) is 1. The Balaban J connectivity index is 1.92. The number of hydrogen-bond donors (Lipinski definition) is 1. The van der Waals surface area contributed by atoms with E-state index in [1.54, 1.807) is 0 Å². The standard InChI is InChI=1S/C13H15ClN2/c14-13-7-4-9(8-15-13)11-3-1-2-10-5-6-12(11)16-10/h3-4,7-8,10,12,16H,1-2,5-6H2. The van der Waals surface area contributed by atoms with Gasteiger partial charge in [-0.15, -0.1) is 0 Å². The largest absolute Gasteiger partial charge is 0.307 e. The Labute approximate surface area is 101 Å². The number of fused-ring (bicyclic) bond motifs is 2. The molecular formula is C13H15ClN2. The lowest BCUT2D eigenvalue weighted by molar-refractivity contribution is 0.559. The van der Waals surface area contributed by atoms with Crippen LogP contribution in [0.2, 0.25) is 5.15 Å². The highest BCUT2D eigenvalue weighted by Gasteiger charge is 2.28. The van der Waals surface area contributed by atoms with Crippen molar-refractivity contribution in [2.75, 3.05) is 0 Å². The highest BCUT2D eigenvalue weighted by Crippen LogP contribution is 2.31. The van der Waals surface area contributed by atoms with Crippen LogP contribution in [0.1, 0.15) is 31.2 Å². The molecule has 3 heterocycles. The van der Waals surface area contributed by atoms with Crippen LogP contribution in [-0.4, -0.2) is 17.1 Å². The lowest BCUT2D eigenvalue weighted by Crippen LogP contribution is -2.28. The maximum absolute atomic E-state index is 5.82. The number of rotatable bonds is 1. The first-order chi connectivity index (χ1) is 7.83. The molecule has 2 aliphatic heterocycles. The molecule has 0 spiro atoms. The van der Waals surface area contributed by atoms with Crippen molar-refractivity contribution < 1.29 is 0 Å². The van der Waals surface area contributed by atoms with Gasteiger partial charge in [0.05, 0.1) is 0 Å². The molecule has 1 aromatic rings. The topological polar surface area (TPSA) is 24.9 Å². The third kappa shape index (κ3) is 1.87. The number of hydrogen-bond acceptors (Lipinski definition) is 2. The fourth-order valence-corrected chi connectivity index (χ4v) is 2.85. The van der Waals surface area contributed by atoms with E-state index in [9.17, 15) is 0 Å². The molecule has 1 saturated heterocycles. The number of pyridine rings is 1. The Morgan fingerprint density at radius 2 is 2.19 bits per heavy atom. The molecule has 1 N–H and O–H groups in total. The van der Waals surface area contributed by atoms with Crippen LogP contribution in [0.4, 0.5) is 0 Å². The molecule has 0 aliphatic carbocycles. The molecule has 2 aliphatic rings. The molecule has 3 heteroatoms. The summed E-state index contributed by atoms with van der Waals surface area (Å²) in [6, 6.07) is 5.19. The first-order valence-corrected chi connectivity index (χ1v) is 6.29. The lowest BCUT2D eigenvalue weighted by Gasteiger charge is -2.15. The van der Waals surface area contributed by atoms with Gasteiger partial charge >= 0.3 is 0 Å². The summed E-state index contributed by atoms with van der Waals surface area (Å²) in [7, 11) is 0. The van der Waals surface area contributed by atoms with Crippen molar-refractivity contribution in [3.63, 3.8) is 0 Å². The molecule has 2 atom stereocenters. The van der Waals surface area contributed by atoms with Crippen molar-refractivity contribution in [1.29, 1.82) is 0 Å². The van der Waals surface area contributed by atoms with Gasteiger partial charge in [-0.1, -0.05) is 23.7 Å². The van der Waals surface area contributed by atoms with Gasteiger partial charge in [-0.2, -0.15) is 0 Å². The first-order valence-electron chi connectivity index (χ1n) is 5.91. The third-order valence-corrected chi connectivity index (χ3v) is 3.78. The van der Waals surface area contributed by atoms with Gasteiger partial charge in [0.15, 0.2) is 0 Å². The van der Waals surface area contributed by atoms with E-state index >= 15 is 0 Å². The zero-order valence-electron chi connectivity index (χ0n) is 9.12. The van der Waals surface area contributed by atoms with E-state index in [1.165, 1.54) is 36.8 Å². The van der Waals surface area contributed by atoms with Crippen molar-refractivity contribution in [2.24, 2.45) is 0 Å². The average Bonchev–Trinajstić information content (AvgIpc) is 2.63. The summed E-state index contributed by atoms with van der Waals surface area (Å²) in [5.41, 5.74) is 2.62. The molecule has 1 aromatic heterocycles. The van der Waals surface area contributed by atoms with Crippen LogP contribution in [0.25, 0.3) is 5.57 Å². The number of nitrogens with one attached hydrogen (secondary N) is 1. The minimum absolute atomic E-state index is 0.524. The molecule has 0 saturated carbocycles. The minimum atomic E-state index is 0.524. The van der Waals surface area contributed by atoms with Crippen LogP contribution in [0.5, 0.6) is 0 Å². The van der Waals surface area contributed by atoms with Crippen molar-refractivity contribution in [3.8, 4) is 0 Å². The van der Waals surface area contributed by atoms with Gasteiger partial charge in [-0.05, 0) is 42.9 Å². The number of allylic oxidation sites excluding steroid dienone is 1. The van der Waals surface area contributed by atoms with E-state index in [0.717, 1.165) is 6.04 Å². The fraction of sp³-hybridized carbons (Fsp3) is 0.462. The van der Waals surface area contributed by atoms with Crippen molar-refractivity contribution >= 4 is 17.2 Å². The normalized spacial score (nSPS) is 28.7. The second-order valence-corrected chi connectivity index (χ2v) is 4.99. The van der Waals surface area contributed by atoms with Crippen LogP contribution >= 0.6 is 11.6 Å². The minimum Gasteiger partial charge on any atom is -0.307 e. The molecular weight excluding hydrogens is 220 g/mol. The molecule has 0 aromatic carbocycles. The van der Waals surface area contributed by atoms with E-state index < -0.39 is 0 Å². The quantitative estimate of drug-likeness (QED) is 0.756. The summed E-state index contributed by atoms with van der Waals surface area (Å²) in [5, 5.41) is 4.25. The molecule has 0 radical (unpaired) electrons. The van der Waals surface area contributed by atoms with Gasteiger partial charge in [0.2, 0.25) is 0 Å². The Kier molecular flexibility index (Phi) is 2.70. The van der Waals surface area contributed by atoms with Crippen molar-refractivity contribution in [3.05, 3.63) is 35.1 Å². The second kappa shape index (κ2) is 4.19. The maximum atomic E-state index is 5.82. The Morgan fingerprint density at radius 3 is 3.00 bits per heavy atom. The molecule has 2 unspecified atom stereocenters. The molecule has 1 fully saturated rings. The predicted octanol–water partition coefficient (Wildman–Crippen LogP) is 3.03. The average molecular weight is 235 g/mol. The lowest BCUT2D eigenvalue weighted by atomic mass is 9.95. The van der Waals surface area contributed by atoms with Crippen LogP contribution in [0.3, 0.4) is 0 Å². The maximum Gasteiger partial charge on any atom is 0.129 e. The van der Waals surface area contributed by atoms with E-state index in [0.29, 0.717) is 11.2 Å². The van der Waals surface area contributed by atoms with E-state index in [1.807, 2.05) is 12.3 Å². The van der Waals surface area contributed by atoms with Gasteiger partial charge < -0.3 is 5.32 Å². The monoisotopic (exact) mass is 234 g/mol. The second-order valence-electron chi connectivity index (χ2n) is 4.60. The smallest absolute Gasteiger partial charge is 0.129 e. The highest BCUT2D eigenvalue weighted by molar-refractivity contribution is 6.29. The van der Waals surface area contributed by atoms with Crippen LogP contribution < -0.4 is 5.32 Å². The zero-order valence-corrected chi connectivity index (χ0v) is 9.87. The van der Waals surface area contributed by atoms with E-state index in [4.69, 9.17) is 11.6 Å². The molecule has 3 rings (SSSR count). The fourth-order valence-electron chi connectivity index (χ4n) is 2.74. The van der Waals surface area contributed by atoms with Crippen LogP contribution in [0, 0.1) is 0 Å². The predicted molar refractivity (Wildman–Crippen MR) is 66.4 cm³/mol. The summed E-state index contributed by atoms with van der Waals surface area (Å²) in [4.78, 5) is 4.16. The summed E-state index contributed by atoms with van der Waals surface area (Å²) in [6.07, 6.45) is 9.24. The van der Waals surface area contributed by atoms with E-state index in [2.05, 4.69) is 22.4 Å². The highest BCUT2D eigenvalue weighted by atomic mass is 35.5. The van der Waals surface area contributed by atoms with Crippen molar-refractivity contribution in [2.45, 2.75) is 37.8 Å². The van der Waals surface area contributed by atoms with Crippen molar-refractivity contribution in [1.82, 2.24) is 10.3 Å². The Bertz CT molecular complexity index is 410. The van der Waals surface area contributed by atoms with Gasteiger partial charge in [0, 0.05) is 18.3 Å². The summed E-state index contributed by atoms with van der Waals surface area (Å²) in [5.74, 6) is 0. The van der Waals surface area contributed by atoms with Gasteiger partial charge in [0.25, 0.3) is 0 Å².